The van der Waals surface area contributed by atoms with Gasteiger partial charge in [0.05, 0.1) is 17.3 Å². The second-order valence-corrected chi connectivity index (χ2v) is 9.49. The maximum absolute atomic E-state index is 12.7. The molecule has 0 bridgehead atoms. The maximum atomic E-state index is 12.7. The molecule has 0 radical (unpaired) electrons. The Hall–Kier alpha value is -1.61. The molecule has 0 spiro atoms. The average Bonchev–Trinajstić information content (AvgIpc) is 3.22. The summed E-state index contributed by atoms with van der Waals surface area (Å²) >= 11 is 1.37. The number of rotatable bonds is 6. The van der Waals surface area contributed by atoms with Crippen molar-refractivity contribution >= 4 is 27.4 Å². The summed E-state index contributed by atoms with van der Waals surface area (Å²) in [5.74, 6) is 0.688. The standard InChI is InChI=1S/C16H22N4O3S2/c1-4-19-10-17-18-16(19)24-8-15(21)14-7-11(2)20(12(14)3)13-5-6-25(22,23)9-13/h7,10,13H,4-6,8-9H2,1-3H3/t13-/m0/s1. The third kappa shape index (κ3) is 3.67. The summed E-state index contributed by atoms with van der Waals surface area (Å²) in [6, 6.07) is 1.80. The fourth-order valence-corrected chi connectivity index (χ4v) is 5.94. The number of ketones is 1. The predicted octanol–water partition coefficient (Wildman–Crippen LogP) is 2.05. The SMILES string of the molecule is CCn1cnnc1SCC(=O)c1cc(C)n([C@H]2CCS(=O)(=O)C2)c1C. The maximum Gasteiger partial charge on any atom is 0.191 e. The zero-order valence-electron chi connectivity index (χ0n) is 14.6. The van der Waals surface area contributed by atoms with E-state index in [1.807, 2.05) is 36.0 Å². The lowest BCUT2D eigenvalue weighted by molar-refractivity contribution is 0.102. The summed E-state index contributed by atoms with van der Waals surface area (Å²) in [4.78, 5) is 12.7. The van der Waals surface area contributed by atoms with Crippen LogP contribution in [0, 0.1) is 13.8 Å². The van der Waals surface area contributed by atoms with Gasteiger partial charge in [-0.05, 0) is 33.3 Å². The molecule has 0 saturated carbocycles. The predicted molar refractivity (Wildman–Crippen MR) is 97.0 cm³/mol. The van der Waals surface area contributed by atoms with Gasteiger partial charge in [-0.3, -0.25) is 4.79 Å². The molecule has 0 amide bonds. The molecule has 0 N–H and O–H groups in total. The zero-order chi connectivity index (χ0) is 18.2. The number of hydrogen-bond acceptors (Lipinski definition) is 6. The monoisotopic (exact) mass is 382 g/mol. The van der Waals surface area contributed by atoms with Crippen molar-refractivity contribution in [2.75, 3.05) is 17.3 Å². The number of thioether (sulfide) groups is 1. The molecule has 25 heavy (non-hydrogen) atoms. The molecular weight excluding hydrogens is 360 g/mol. The van der Waals surface area contributed by atoms with Crippen molar-refractivity contribution in [1.29, 1.82) is 0 Å². The second kappa shape index (κ2) is 6.95. The molecule has 0 aliphatic carbocycles. The highest BCUT2D eigenvalue weighted by Crippen LogP contribution is 2.30. The normalized spacial score (nSPS) is 19.4. The van der Waals surface area contributed by atoms with E-state index in [1.54, 1.807) is 6.33 Å². The summed E-state index contributed by atoms with van der Waals surface area (Å²) in [6.07, 6.45) is 2.26. The Kier molecular flexibility index (Phi) is 5.06. The average molecular weight is 383 g/mol. The quantitative estimate of drug-likeness (QED) is 0.561. The van der Waals surface area contributed by atoms with E-state index in [0.29, 0.717) is 12.0 Å². The first kappa shape index (κ1) is 18.2. The number of carbonyl (C=O) groups is 1. The molecule has 2 aromatic heterocycles. The molecule has 1 fully saturated rings. The van der Waals surface area contributed by atoms with Gasteiger partial charge in [0.15, 0.2) is 20.8 Å². The molecule has 136 valence electrons. The summed E-state index contributed by atoms with van der Waals surface area (Å²) in [7, 11) is -2.96. The minimum atomic E-state index is -2.96. The highest BCUT2D eigenvalue weighted by atomic mass is 32.2. The van der Waals surface area contributed by atoms with Crippen molar-refractivity contribution in [3.8, 4) is 0 Å². The van der Waals surface area contributed by atoms with Crippen molar-refractivity contribution in [3.63, 3.8) is 0 Å². The fraction of sp³-hybridized carbons (Fsp3) is 0.562. The first-order valence-corrected chi connectivity index (χ1v) is 11.1. The third-order valence-corrected chi connectivity index (χ3v) is 7.34. The van der Waals surface area contributed by atoms with Gasteiger partial charge in [-0.15, -0.1) is 10.2 Å². The molecule has 1 aliphatic heterocycles. The highest BCUT2D eigenvalue weighted by Gasteiger charge is 2.31. The number of Topliss-reactive ketones (excluding diaryl/α,β-unsaturated/α-hetero) is 1. The summed E-state index contributed by atoms with van der Waals surface area (Å²) in [5, 5.41) is 8.62. The van der Waals surface area contributed by atoms with Gasteiger partial charge in [0.2, 0.25) is 0 Å². The van der Waals surface area contributed by atoms with Crippen molar-refractivity contribution in [1.82, 2.24) is 19.3 Å². The first-order chi connectivity index (χ1) is 11.8. The Morgan fingerprint density at radius 3 is 2.80 bits per heavy atom. The van der Waals surface area contributed by atoms with Crippen molar-refractivity contribution in [2.24, 2.45) is 0 Å². The van der Waals surface area contributed by atoms with Gasteiger partial charge < -0.3 is 9.13 Å². The van der Waals surface area contributed by atoms with Crippen LogP contribution in [0.4, 0.5) is 0 Å². The fourth-order valence-electron chi connectivity index (χ4n) is 3.38. The van der Waals surface area contributed by atoms with E-state index in [2.05, 4.69) is 10.2 Å². The van der Waals surface area contributed by atoms with Gasteiger partial charge in [0, 0.05) is 29.5 Å². The molecule has 9 heteroatoms. The van der Waals surface area contributed by atoms with Crippen LogP contribution in [-0.4, -0.2) is 50.8 Å². The van der Waals surface area contributed by atoms with Gasteiger partial charge in [-0.2, -0.15) is 0 Å². The van der Waals surface area contributed by atoms with Crippen LogP contribution in [-0.2, 0) is 16.4 Å². The van der Waals surface area contributed by atoms with E-state index in [0.717, 1.165) is 23.1 Å². The minimum Gasteiger partial charge on any atom is -0.344 e. The number of hydrogen-bond donors (Lipinski definition) is 0. The van der Waals surface area contributed by atoms with E-state index in [4.69, 9.17) is 0 Å². The smallest absolute Gasteiger partial charge is 0.191 e. The van der Waals surface area contributed by atoms with Crippen molar-refractivity contribution in [3.05, 3.63) is 29.3 Å². The molecule has 3 heterocycles. The minimum absolute atomic E-state index is 0.0239. The summed E-state index contributed by atoms with van der Waals surface area (Å²) in [5.41, 5.74) is 2.45. The molecule has 7 nitrogen and oxygen atoms in total. The summed E-state index contributed by atoms with van der Waals surface area (Å²) in [6.45, 7) is 6.58. The van der Waals surface area contributed by atoms with E-state index in [1.165, 1.54) is 11.8 Å². The van der Waals surface area contributed by atoms with Gasteiger partial charge in [0.1, 0.15) is 6.33 Å². The lowest BCUT2D eigenvalue weighted by Gasteiger charge is -2.16. The Bertz CT molecular complexity index is 899. The van der Waals surface area contributed by atoms with Gasteiger partial charge in [-0.25, -0.2) is 8.42 Å². The van der Waals surface area contributed by atoms with Crippen LogP contribution in [0.2, 0.25) is 0 Å². The molecule has 1 atom stereocenters. The number of aryl methyl sites for hydroxylation is 2. The molecule has 1 saturated heterocycles. The van der Waals surface area contributed by atoms with Gasteiger partial charge in [0.25, 0.3) is 0 Å². The Labute approximate surface area is 151 Å². The number of nitrogens with zero attached hydrogens (tertiary/aromatic N) is 4. The molecule has 0 aromatic carbocycles. The Balaban J connectivity index is 1.77. The van der Waals surface area contributed by atoms with E-state index >= 15 is 0 Å². The first-order valence-electron chi connectivity index (χ1n) is 8.25. The van der Waals surface area contributed by atoms with E-state index in [-0.39, 0.29) is 29.1 Å². The van der Waals surface area contributed by atoms with Gasteiger partial charge >= 0.3 is 0 Å². The van der Waals surface area contributed by atoms with Crippen LogP contribution < -0.4 is 0 Å². The van der Waals surface area contributed by atoms with Crippen LogP contribution in [0.15, 0.2) is 17.6 Å². The van der Waals surface area contributed by atoms with E-state index < -0.39 is 9.84 Å². The Morgan fingerprint density at radius 1 is 1.40 bits per heavy atom. The van der Waals surface area contributed by atoms with Gasteiger partial charge in [-0.1, -0.05) is 11.8 Å². The molecule has 0 unspecified atom stereocenters. The summed E-state index contributed by atoms with van der Waals surface area (Å²) < 4.78 is 27.5. The van der Waals surface area contributed by atoms with Crippen molar-refractivity contribution < 1.29 is 13.2 Å². The lowest BCUT2D eigenvalue weighted by atomic mass is 10.2. The van der Waals surface area contributed by atoms with Crippen LogP contribution in [0.25, 0.3) is 0 Å². The zero-order valence-corrected chi connectivity index (χ0v) is 16.2. The number of carbonyl (C=O) groups excluding carboxylic acids is 1. The molecule has 2 aromatic rings. The number of aromatic nitrogens is 4. The van der Waals surface area contributed by atoms with Crippen LogP contribution in [0.5, 0.6) is 0 Å². The van der Waals surface area contributed by atoms with Crippen LogP contribution in [0.1, 0.15) is 41.1 Å². The second-order valence-electron chi connectivity index (χ2n) is 6.32. The van der Waals surface area contributed by atoms with Crippen LogP contribution >= 0.6 is 11.8 Å². The topological polar surface area (TPSA) is 86.8 Å². The molecule has 1 aliphatic rings. The lowest BCUT2D eigenvalue weighted by Crippen LogP contribution is -2.14. The number of sulfone groups is 1. The highest BCUT2D eigenvalue weighted by molar-refractivity contribution is 7.99. The molecule has 3 rings (SSSR count). The van der Waals surface area contributed by atoms with E-state index in [9.17, 15) is 13.2 Å². The van der Waals surface area contributed by atoms with Crippen molar-refractivity contribution in [2.45, 2.75) is 44.9 Å². The largest absolute Gasteiger partial charge is 0.344 e. The molecular formula is C16H22N4O3S2. The Morgan fingerprint density at radius 2 is 2.16 bits per heavy atom. The van der Waals surface area contributed by atoms with Crippen LogP contribution in [0.3, 0.4) is 0 Å². The third-order valence-electron chi connectivity index (χ3n) is 4.61.